The van der Waals surface area contributed by atoms with Crippen molar-refractivity contribution in [2.75, 3.05) is 11.9 Å². The van der Waals surface area contributed by atoms with Crippen molar-refractivity contribution in [3.8, 4) is 0 Å². The van der Waals surface area contributed by atoms with Gasteiger partial charge >= 0.3 is 0 Å². The lowest BCUT2D eigenvalue weighted by molar-refractivity contribution is -0.117. The molecule has 2 aromatic rings. The van der Waals surface area contributed by atoms with Crippen molar-refractivity contribution in [2.24, 2.45) is 0 Å². The molecule has 5 nitrogen and oxygen atoms in total. The SMILES string of the molecule is Cc1cc(NC(=O)C2CNCc3ccccc32)n[nH]1. The Morgan fingerprint density at radius 1 is 1.42 bits per heavy atom. The molecule has 1 aromatic carbocycles. The number of carbonyl (C=O) groups is 1. The Balaban J connectivity index is 1.81. The minimum Gasteiger partial charge on any atom is -0.312 e. The van der Waals surface area contributed by atoms with Crippen LogP contribution < -0.4 is 10.6 Å². The summed E-state index contributed by atoms with van der Waals surface area (Å²) < 4.78 is 0. The number of carbonyl (C=O) groups excluding carboxylic acids is 1. The minimum absolute atomic E-state index is 0.0221. The van der Waals surface area contributed by atoms with Crippen LogP contribution in [0.25, 0.3) is 0 Å². The van der Waals surface area contributed by atoms with E-state index in [4.69, 9.17) is 0 Å². The Morgan fingerprint density at radius 3 is 3.05 bits per heavy atom. The maximum atomic E-state index is 12.3. The molecule has 19 heavy (non-hydrogen) atoms. The molecule has 3 rings (SSSR count). The monoisotopic (exact) mass is 256 g/mol. The number of nitrogens with one attached hydrogen (secondary N) is 3. The van der Waals surface area contributed by atoms with Crippen LogP contribution in [0.4, 0.5) is 5.82 Å². The van der Waals surface area contributed by atoms with Gasteiger partial charge in [0.1, 0.15) is 0 Å². The number of aryl methyl sites for hydroxylation is 1. The van der Waals surface area contributed by atoms with E-state index in [2.05, 4.69) is 26.9 Å². The normalized spacial score (nSPS) is 17.8. The molecule has 1 unspecified atom stereocenters. The molecular formula is C14H16N4O. The van der Waals surface area contributed by atoms with E-state index in [1.54, 1.807) is 0 Å². The minimum atomic E-state index is -0.165. The van der Waals surface area contributed by atoms with Crippen LogP contribution in [-0.4, -0.2) is 22.6 Å². The first-order valence-corrected chi connectivity index (χ1v) is 6.35. The van der Waals surface area contributed by atoms with Gasteiger partial charge in [-0.25, -0.2) is 0 Å². The number of anilines is 1. The molecule has 0 fully saturated rings. The van der Waals surface area contributed by atoms with Gasteiger partial charge in [-0.3, -0.25) is 9.89 Å². The molecule has 2 heterocycles. The van der Waals surface area contributed by atoms with Gasteiger partial charge in [-0.05, 0) is 18.1 Å². The number of aromatic nitrogens is 2. The van der Waals surface area contributed by atoms with E-state index in [0.717, 1.165) is 17.8 Å². The molecule has 0 spiro atoms. The highest BCUT2D eigenvalue weighted by atomic mass is 16.2. The number of hydrogen-bond donors (Lipinski definition) is 3. The number of benzene rings is 1. The van der Waals surface area contributed by atoms with Crippen molar-refractivity contribution in [3.05, 3.63) is 47.2 Å². The van der Waals surface area contributed by atoms with E-state index in [0.29, 0.717) is 12.4 Å². The summed E-state index contributed by atoms with van der Waals surface area (Å²) in [5, 5.41) is 13.0. The van der Waals surface area contributed by atoms with Gasteiger partial charge in [-0.2, -0.15) is 5.10 Å². The predicted molar refractivity (Wildman–Crippen MR) is 72.8 cm³/mol. The number of aromatic amines is 1. The summed E-state index contributed by atoms with van der Waals surface area (Å²) in [5.74, 6) is 0.388. The van der Waals surface area contributed by atoms with Gasteiger partial charge < -0.3 is 10.6 Å². The van der Waals surface area contributed by atoms with E-state index in [1.165, 1.54) is 5.56 Å². The molecule has 0 radical (unpaired) electrons. The zero-order valence-electron chi connectivity index (χ0n) is 10.7. The molecule has 1 amide bonds. The largest absolute Gasteiger partial charge is 0.312 e. The van der Waals surface area contributed by atoms with E-state index in [1.807, 2.05) is 31.2 Å². The fourth-order valence-electron chi connectivity index (χ4n) is 2.43. The number of amides is 1. The molecule has 1 aliphatic heterocycles. The summed E-state index contributed by atoms with van der Waals surface area (Å²) in [6.45, 7) is 3.38. The Hall–Kier alpha value is -2.14. The highest BCUT2D eigenvalue weighted by Crippen LogP contribution is 2.24. The molecule has 1 aliphatic rings. The van der Waals surface area contributed by atoms with Gasteiger partial charge in [-0.15, -0.1) is 0 Å². The third kappa shape index (κ3) is 2.37. The van der Waals surface area contributed by atoms with Crippen LogP contribution in [0.5, 0.6) is 0 Å². The van der Waals surface area contributed by atoms with Crippen LogP contribution in [0.3, 0.4) is 0 Å². The highest BCUT2D eigenvalue weighted by Gasteiger charge is 2.26. The van der Waals surface area contributed by atoms with Gasteiger partial charge in [0.15, 0.2) is 5.82 Å². The van der Waals surface area contributed by atoms with Gasteiger partial charge in [0.05, 0.1) is 5.92 Å². The summed E-state index contributed by atoms with van der Waals surface area (Å²) >= 11 is 0. The number of nitrogens with zero attached hydrogens (tertiary/aromatic N) is 1. The average molecular weight is 256 g/mol. The second kappa shape index (κ2) is 4.85. The number of rotatable bonds is 2. The number of hydrogen-bond acceptors (Lipinski definition) is 3. The number of fused-ring (bicyclic) bond motifs is 1. The quantitative estimate of drug-likeness (QED) is 0.763. The van der Waals surface area contributed by atoms with E-state index >= 15 is 0 Å². The summed E-state index contributed by atoms with van der Waals surface area (Å²) in [6, 6.07) is 9.87. The van der Waals surface area contributed by atoms with Crippen molar-refractivity contribution in [3.63, 3.8) is 0 Å². The van der Waals surface area contributed by atoms with E-state index < -0.39 is 0 Å². The topological polar surface area (TPSA) is 69.8 Å². The lowest BCUT2D eigenvalue weighted by Crippen LogP contribution is -2.35. The van der Waals surface area contributed by atoms with Crippen molar-refractivity contribution in [1.29, 1.82) is 0 Å². The average Bonchev–Trinajstić information content (AvgIpc) is 2.83. The van der Waals surface area contributed by atoms with Crippen LogP contribution in [0.1, 0.15) is 22.7 Å². The summed E-state index contributed by atoms with van der Waals surface area (Å²) in [6.07, 6.45) is 0. The third-order valence-electron chi connectivity index (χ3n) is 3.37. The predicted octanol–water partition coefficient (Wildman–Crippen LogP) is 1.54. The number of H-pyrrole nitrogens is 1. The first kappa shape index (κ1) is 11.9. The molecule has 0 saturated heterocycles. The van der Waals surface area contributed by atoms with E-state index in [-0.39, 0.29) is 11.8 Å². The molecular weight excluding hydrogens is 240 g/mol. The van der Waals surface area contributed by atoms with Crippen molar-refractivity contribution >= 4 is 11.7 Å². The molecule has 3 N–H and O–H groups in total. The first-order valence-electron chi connectivity index (χ1n) is 6.35. The molecule has 5 heteroatoms. The van der Waals surface area contributed by atoms with Crippen LogP contribution in [0.2, 0.25) is 0 Å². The van der Waals surface area contributed by atoms with Gasteiger partial charge in [0.2, 0.25) is 5.91 Å². The van der Waals surface area contributed by atoms with Crippen LogP contribution >= 0.6 is 0 Å². The highest BCUT2D eigenvalue weighted by molar-refractivity contribution is 5.95. The Morgan fingerprint density at radius 2 is 2.26 bits per heavy atom. The van der Waals surface area contributed by atoms with Crippen LogP contribution in [0, 0.1) is 6.92 Å². The maximum Gasteiger partial charge on any atom is 0.234 e. The van der Waals surface area contributed by atoms with Gasteiger partial charge in [0, 0.05) is 24.8 Å². The lowest BCUT2D eigenvalue weighted by atomic mass is 9.90. The van der Waals surface area contributed by atoms with Crippen molar-refractivity contribution < 1.29 is 4.79 Å². The van der Waals surface area contributed by atoms with Crippen LogP contribution in [-0.2, 0) is 11.3 Å². The zero-order valence-corrected chi connectivity index (χ0v) is 10.7. The van der Waals surface area contributed by atoms with Gasteiger partial charge in [0.25, 0.3) is 0 Å². The standard InChI is InChI=1S/C14H16N4O/c1-9-6-13(18-17-9)16-14(19)12-8-15-7-10-4-2-3-5-11(10)12/h2-6,12,15H,7-8H2,1H3,(H2,16,17,18,19). The summed E-state index contributed by atoms with van der Waals surface area (Å²) in [7, 11) is 0. The second-order valence-corrected chi connectivity index (χ2v) is 4.81. The van der Waals surface area contributed by atoms with Gasteiger partial charge in [-0.1, -0.05) is 24.3 Å². The first-order chi connectivity index (χ1) is 9.24. The Kier molecular flexibility index (Phi) is 3.05. The van der Waals surface area contributed by atoms with Crippen LogP contribution in [0.15, 0.2) is 30.3 Å². The summed E-state index contributed by atoms with van der Waals surface area (Å²) in [4.78, 5) is 12.3. The smallest absolute Gasteiger partial charge is 0.234 e. The molecule has 98 valence electrons. The van der Waals surface area contributed by atoms with Crippen molar-refractivity contribution in [2.45, 2.75) is 19.4 Å². The summed E-state index contributed by atoms with van der Waals surface area (Å²) in [5.41, 5.74) is 3.22. The van der Waals surface area contributed by atoms with Crippen molar-refractivity contribution in [1.82, 2.24) is 15.5 Å². The maximum absolute atomic E-state index is 12.3. The zero-order chi connectivity index (χ0) is 13.2. The van der Waals surface area contributed by atoms with E-state index in [9.17, 15) is 4.79 Å². The molecule has 0 saturated carbocycles. The lowest BCUT2D eigenvalue weighted by Gasteiger charge is -2.25. The fraction of sp³-hybridized carbons (Fsp3) is 0.286. The Labute approximate surface area is 111 Å². The second-order valence-electron chi connectivity index (χ2n) is 4.81. The third-order valence-corrected chi connectivity index (χ3v) is 3.37. The fourth-order valence-corrected chi connectivity index (χ4v) is 2.43. The molecule has 0 bridgehead atoms. The Bertz CT molecular complexity index is 605. The molecule has 1 aromatic heterocycles. The molecule has 1 atom stereocenters. The molecule has 0 aliphatic carbocycles.